The minimum atomic E-state index is 0.605. The molecule has 2 heteroatoms. The van der Waals surface area contributed by atoms with E-state index in [4.69, 9.17) is 0 Å². The molecule has 0 saturated heterocycles. The second-order valence-electron chi connectivity index (χ2n) is 10.9. The summed E-state index contributed by atoms with van der Waals surface area (Å²) in [6.45, 7) is 0.668. The zero-order chi connectivity index (χ0) is 28.0. The van der Waals surface area contributed by atoms with Crippen LogP contribution in [0.1, 0.15) is 5.56 Å². The number of allylic oxidation sites excluding steroid dienone is 3. The second-order valence-corrected chi connectivity index (χ2v) is 10.9. The molecule has 0 amide bonds. The van der Waals surface area contributed by atoms with Crippen molar-refractivity contribution in [2.75, 3.05) is 6.54 Å². The lowest BCUT2D eigenvalue weighted by Gasteiger charge is -2.18. The molecule has 196 valence electrons. The summed E-state index contributed by atoms with van der Waals surface area (Å²) < 4.78 is 0. The van der Waals surface area contributed by atoms with E-state index >= 15 is 0 Å². The van der Waals surface area contributed by atoms with Crippen LogP contribution in [0.15, 0.2) is 145 Å². The molecule has 0 atom stereocenters. The summed E-state index contributed by atoms with van der Waals surface area (Å²) in [6.07, 6.45) is 4.06. The Morgan fingerprint density at radius 1 is 0.500 bits per heavy atom. The van der Waals surface area contributed by atoms with Crippen molar-refractivity contribution >= 4 is 48.7 Å². The van der Waals surface area contributed by atoms with Gasteiger partial charge in [-0.3, -0.25) is 0 Å². The first-order valence-corrected chi connectivity index (χ1v) is 14.3. The Bertz CT molecular complexity index is 2260. The lowest BCUT2D eigenvalue weighted by atomic mass is 9.85. The van der Waals surface area contributed by atoms with Crippen molar-refractivity contribution in [1.82, 2.24) is 5.32 Å². The van der Waals surface area contributed by atoms with Crippen molar-refractivity contribution in [2.45, 2.75) is 0 Å². The van der Waals surface area contributed by atoms with Crippen molar-refractivity contribution < 1.29 is 0 Å². The van der Waals surface area contributed by atoms with Gasteiger partial charge in [-0.1, -0.05) is 115 Å². The van der Waals surface area contributed by atoms with Crippen molar-refractivity contribution in [3.8, 4) is 28.3 Å². The smallest absolute Gasteiger partial charge is 0.117 e. The molecule has 1 aliphatic rings. The number of nitrogens with zero attached hydrogens (tertiary/aromatic N) is 1. The summed E-state index contributed by atoms with van der Waals surface area (Å²) in [4.78, 5) is 0. The summed E-state index contributed by atoms with van der Waals surface area (Å²) in [5.74, 6) is 0. The molecule has 1 aliphatic heterocycles. The number of benzene rings is 7. The molecular weight excluding hydrogens is 508 g/mol. The molecule has 8 rings (SSSR count). The molecule has 0 aromatic heterocycles. The standard InChI is InChI=1S/C40H26N2/c41-25-34-24-31(19-20-42-34)29-14-15-30-23-33(18-16-28(30)21-29)40-37-11-5-3-9-35(37)39(36-10-4-6-12-38(36)40)32-17-13-26-7-1-2-8-27(26)22-32/h1-19,21-24,42H,20H2. The normalized spacial score (nSPS) is 13.1. The molecule has 2 nitrogen and oxygen atoms in total. The van der Waals surface area contributed by atoms with Crippen LogP contribution in [-0.4, -0.2) is 6.54 Å². The zero-order valence-electron chi connectivity index (χ0n) is 22.9. The fourth-order valence-electron chi connectivity index (χ4n) is 6.49. The highest BCUT2D eigenvalue weighted by atomic mass is 14.9. The number of nitriles is 1. The summed E-state index contributed by atoms with van der Waals surface area (Å²) in [7, 11) is 0. The first-order valence-electron chi connectivity index (χ1n) is 14.3. The van der Waals surface area contributed by atoms with E-state index in [2.05, 4.69) is 145 Å². The maximum atomic E-state index is 9.33. The number of hydrogen-bond acceptors (Lipinski definition) is 2. The Hall–Kier alpha value is -5.65. The zero-order valence-corrected chi connectivity index (χ0v) is 22.9. The van der Waals surface area contributed by atoms with Gasteiger partial charge in [0.2, 0.25) is 0 Å². The maximum absolute atomic E-state index is 9.33. The van der Waals surface area contributed by atoms with Gasteiger partial charge in [0.05, 0.1) is 0 Å². The Labute approximate surface area is 244 Å². The first-order chi connectivity index (χ1) is 20.8. The van der Waals surface area contributed by atoms with Crippen molar-refractivity contribution in [2.24, 2.45) is 0 Å². The average Bonchev–Trinajstić information content (AvgIpc) is 3.06. The van der Waals surface area contributed by atoms with Crippen molar-refractivity contribution in [1.29, 1.82) is 5.26 Å². The third-order valence-electron chi connectivity index (χ3n) is 8.47. The van der Waals surface area contributed by atoms with Crippen LogP contribution >= 0.6 is 0 Å². The van der Waals surface area contributed by atoms with E-state index < -0.39 is 0 Å². The SMILES string of the molecule is N#CC1=CC(c2ccc3cc(-c4c5ccccc5c(-c5ccc6ccccc6c5)c5ccccc45)ccc3c2)=CCN1. The topological polar surface area (TPSA) is 35.8 Å². The highest BCUT2D eigenvalue weighted by Gasteiger charge is 2.17. The van der Waals surface area contributed by atoms with E-state index in [0.717, 1.165) is 11.1 Å². The van der Waals surface area contributed by atoms with Gasteiger partial charge in [0.25, 0.3) is 0 Å². The van der Waals surface area contributed by atoms with E-state index in [1.54, 1.807) is 0 Å². The summed E-state index contributed by atoms with van der Waals surface area (Å²) in [5, 5.41) is 22.3. The summed E-state index contributed by atoms with van der Waals surface area (Å²) >= 11 is 0. The van der Waals surface area contributed by atoms with Gasteiger partial charge in [-0.2, -0.15) is 5.26 Å². The number of fused-ring (bicyclic) bond motifs is 4. The summed E-state index contributed by atoms with van der Waals surface area (Å²) in [5.41, 5.74) is 7.80. The lowest BCUT2D eigenvalue weighted by Crippen LogP contribution is -2.15. The first kappa shape index (κ1) is 24.2. The van der Waals surface area contributed by atoms with Crippen molar-refractivity contribution in [3.05, 3.63) is 151 Å². The third-order valence-corrected chi connectivity index (χ3v) is 8.47. The molecule has 42 heavy (non-hydrogen) atoms. The Morgan fingerprint density at radius 2 is 0.952 bits per heavy atom. The number of hydrogen-bond donors (Lipinski definition) is 1. The monoisotopic (exact) mass is 534 g/mol. The molecule has 0 radical (unpaired) electrons. The molecular formula is C40H26N2. The fraction of sp³-hybridized carbons (Fsp3) is 0.0250. The van der Waals surface area contributed by atoms with Crippen LogP contribution in [0.5, 0.6) is 0 Å². The van der Waals surface area contributed by atoms with E-state index in [9.17, 15) is 5.26 Å². The van der Waals surface area contributed by atoms with E-state index in [1.807, 2.05) is 6.08 Å². The fourth-order valence-corrected chi connectivity index (χ4v) is 6.49. The lowest BCUT2D eigenvalue weighted by molar-refractivity contribution is 0.929. The van der Waals surface area contributed by atoms with Crippen LogP contribution in [0.2, 0.25) is 0 Å². The molecule has 7 aromatic rings. The molecule has 0 fully saturated rings. The molecule has 0 bridgehead atoms. The van der Waals surface area contributed by atoms with Gasteiger partial charge in [-0.15, -0.1) is 0 Å². The summed E-state index contributed by atoms with van der Waals surface area (Å²) in [6, 6.07) is 48.6. The number of dihydropyridines is 1. The van der Waals surface area contributed by atoms with Crippen LogP contribution in [-0.2, 0) is 0 Å². The van der Waals surface area contributed by atoms with Crippen LogP contribution in [0, 0.1) is 11.3 Å². The molecule has 0 saturated carbocycles. The quantitative estimate of drug-likeness (QED) is 0.229. The number of nitrogens with one attached hydrogen (secondary N) is 1. The van der Waals surface area contributed by atoms with Crippen LogP contribution in [0.4, 0.5) is 0 Å². The Balaban J connectivity index is 1.33. The van der Waals surface area contributed by atoms with Crippen molar-refractivity contribution in [3.63, 3.8) is 0 Å². The van der Waals surface area contributed by atoms with Crippen LogP contribution in [0.25, 0.3) is 70.9 Å². The van der Waals surface area contributed by atoms with E-state index in [-0.39, 0.29) is 0 Å². The predicted octanol–water partition coefficient (Wildman–Crippen LogP) is 10.0. The molecule has 1 heterocycles. The third kappa shape index (κ3) is 3.95. The number of rotatable bonds is 3. The van der Waals surface area contributed by atoms with E-state index in [0.29, 0.717) is 12.2 Å². The van der Waals surface area contributed by atoms with Gasteiger partial charge < -0.3 is 5.32 Å². The minimum Gasteiger partial charge on any atom is -0.373 e. The molecule has 0 spiro atoms. The van der Waals surface area contributed by atoms with E-state index in [1.165, 1.54) is 65.3 Å². The Kier molecular flexibility index (Phi) is 5.62. The van der Waals surface area contributed by atoms with Gasteiger partial charge >= 0.3 is 0 Å². The molecule has 7 aromatic carbocycles. The maximum Gasteiger partial charge on any atom is 0.117 e. The Morgan fingerprint density at radius 3 is 1.52 bits per heavy atom. The second kappa shape index (κ2) is 9.77. The van der Waals surface area contributed by atoms with Gasteiger partial charge in [0.1, 0.15) is 11.8 Å². The van der Waals surface area contributed by atoms with Gasteiger partial charge in [-0.25, -0.2) is 0 Å². The van der Waals surface area contributed by atoms with Crippen LogP contribution < -0.4 is 5.32 Å². The average molecular weight is 535 g/mol. The highest BCUT2D eigenvalue weighted by Crippen LogP contribution is 2.44. The molecule has 0 aliphatic carbocycles. The van der Waals surface area contributed by atoms with Gasteiger partial charge in [0, 0.05) is 6.54 Å². The highest BCUT2D eigenvalue weighted by molar-refractivity contribution is 6.22. The largest absolute Gasteiger partial charge is 0.373 e. The molecule has 1 N–H and O–H groups in total. The van der Waals surface area contributed by atoms with Gasteiger partial charge in [-0.05, 0) is 101 Å². The minimum absolute atomic E-state index is 0.605. The van der Waals surface area contributed by atoms with Crippen LogP contribution in [0.3, 0.4) is 0 Å². The predicted molar refractivity (Wildman–Crippen MR) is 177 cm³/mol. The van der Waals surface area contributed by atoms with Gasteiger partial charge in [0.15, 0.2) is 0 Å². The molecule has 0 unspecified atom stereocenters.